The molecule has 2 N–H and O–H groups in total. The van der Waals surface area contributed by atoms with Crippen LogP contribution in [0.2, 0.25) is 0 Å². The molecule has 0 unspecified atom stereocenters. The summed E-state index contributed by atoms with van der Waals surface area (Å²) in [6, 6.07) is 4.86. The molecule has 0 radical (unpaired) electrons. The van der Waals surface area contributed by atoms with Crippen molar-refractivity contribution in [2.45, 2.75) is 17.3 Å². The van der Waals surface area contributed by atoms with Gasteiger partial charge >= 0.3 is 6.03 Å². The number of urea groups is 1. The first-order valence-corrected chi connectivity index (χ1v) is 7.10. The first-order chi connectivity index (χ1) is 10.5. The number of aromatic nitrogens is 4. The highest BCUT2D eigenvalue weighted by Crippen LogP contribution is 2.19. The zero-order valence-corrected chi connectivity index (χ0v) is 12.6. The minimum absolute atomic E-state index is 0.00870. The molecule has 0 spiro atoms. The number of halogens is 1. The largest absolute Gasteiger partial charge is 0.325 e. The molecule has 3 amide bonds. The summed E-state index contributed by atoms with van der Waals surface area (Å²) < 4.78 is 14.8. The lowest BCUT2D eigenvalue weighted by molar-refractivity contribution is -0.119. The van der Waals surface area contributed by atoms with E-state index < -0.39 is 23.0 Å². The average Bonchev–Trinajstić information content (AvgIpc) is 2.86. The van der Waals surface area contributed by atoms with Crippen LogP contribution in [0.1, 0.15) is 6.92 Å². The SMILES string of the molecule is C[C@@H](Sc1nnnn1C)C(=O)NC(=O)Nc1ccccc1F. The van der Waals surface area contributed by atoms with Crippen LogP contribution in [-0.4, -0.2) is 37.4 Å². The zero-order chi connectivity index (χ0) is 16.1. The number of hydrogen-bond acceptors (Lipinski definition) is 6. The van der Waals surface area contributed by atoms with Crippen molar-refractivity contribution in [2.24, 2.45) is 7.05 Å². The van der Waals surface area contributed by atoms with Gasteiger partial charge in [-0.25, -0.2) is 13.9 Å². The van der Waals surface area contributed by atoms with Crippen LogP contribution in [0.15, 0.2) is 29.4 Å². The Labute approximate surface area is 129 Å². The molecule has 0 bridgehead atoms. The third kappa shape index (κ3) is 4.01. The maximum Gasteiger partial charge on any atom is 0.325 e. The monoisotopic (exact) mass is 324 g/mol. The molecule has 0 saturated carbocycles. The molecule has 1 aromatic heterocycles. The van der Waals surface area contributed by atoms with Crippen LogP contribution in [0.25, 0.3) is 0 Å². The molecule has 1 aromatic carbocycles. The highest BCUT2D eigenvalue weighted by atomic mass is 32.2. The lowest BCUT2D eigenvalue weighted by Crippen LogP contribution is -2.39. The van der Waals surface area contributed by atoms with Crippen molar-refractivity contribution in [1.29, 1.82) is 0 Å². The molecule has 2 rings (SSSR count). The number of nitrogens with zero attached hydrogens (tertiary/aromatic N) is 4. The lowest BCUT2D eigenvalue weighted by Gasteiger charge is -2.11. The highest BCUT2D eigenvalue weighted by molar-refractivity contribution is 8.00. The van der Waals surface area contributed by atoms with Gasteiger partial charge in [-0.15, -0.1) is 5.10 Å². The number of rotatable bonds is 4. The van der Waals surface area contributed by atoms with E-state index in [1.54, 1.807) is 20.0 Å². The summed E-state index contributed by atoms with van der Waals surface area (Å²) in [6.45, 7) is 1.60. The number of amides is 3. The van der Waals surface area contributed by atoms with E-state index in [0.29, 0.717) is 5.16 Å². The van der Waals surface area contributed by atoms with E-state index in [2.05, 4.69) is 26.2 Å². The Morgan fingerprint density at radius 3 is 2.73 bits per heavy atom. The minimum Gasteiger partial charge on any atom is -0.305 e. The quantitative estimate of drug-likeness (QED) is 0.819. The number of nitrogens with one attached hydrogen (secondary N) is 2. The van der Waals surface area contributed by atoms with Crippen LogP contribution in [0.4, 0.5) is 14.9 Å². The van der Waals surface area contributed by atoms with Crippen molar-refractivity contribution in [3.8, 4) is 0 Å². The molecule has 1 atom stereocenters. The van der Waals surface area contributed by atoms with Gasteiger partial charge in [0.25, 0.3) is 0 Å². The van der Waals surface area contributed by atoms with E-state index in [0.717, 1.165) is 11.8 Å². The first kappa shape index (κ1) is 15.9. The summed E-state index contributed by atoms with van der Waals surface area (Å²) in [5.41, 5.74) is -0.00870. The number of carbonyl (C=O) groups excluding carboxylic acids is 2. The standard InChI is InChI=1S/C12H13FN6O2S/c1-7(22-12-16-17-18-19(12)2)10(20)15-11(21)14-9-6-4-3-5-8(9)13/h3-7H,1-2H3,(H2,14,15,20,21)/t7-/m1/s1. The van der Waals surface area contributed by atoms with Gasteiger partial charge in [-0.05, 0) is 29.5 Å². The van der Waals surface area contributed by atoms with Gasteiger partial charge in [0.05, 0.1) is 10.9 Å². The fourth-order valence-electron chi connectivity index (χ4n) is 1.46. The van der Waals surface area contributed by atoms with Crippen molar-refractivity contribution in [2.75, 3.05) is 5.32 Å². The Morgan fingerprint density at radius 1 is 1.36 bits per heavy atom. The predicted molar refractivity (Wildman–Crippen MR) is 77.7 cm³/mol. The van der Waals surface area contributed by atoms with Crippen LogP contribution in [0, 0.1) is 5.82 Å². The van der Waals surface area contributed by atoms with E-state index in [9.17, 15) is 14.0 Å². The third-order valence-corrected chi connectivity index (χ3v) is 3.72. The average molecular weight is 324 g/mol. The fourth-order valence-corrected chi connectivity index (χ4v) is 2.22. The predicted octanol–water partition coefficient (Wildman–Crippen LogP) is 1.18. The zero-order valence-electron chi connectivity index (χ0n) is 11.8. The van der Waals surface area contributed by atoms with Crippen LogP contribution >= 0.6 is 11.8 Å². The normalized spacial score (nSPS) is 11.8. The number of aryl methyl sites for hydroxylation is 1. The number of tetrazole rings is 1. The van der Waals surface area contributed by atoms with Crippen molar-refractivity contribution in [3.63, 3.8) is 0 Å². The van der Waals surface area contributed by atoms with Gasteiger partial charge in [-0.2, -0.15) is 0 Å². The second-order valence-corrected chi connectivity index (χ2v) is 5.58. The summed E-state index contributed by atoms with van der Waals surface area (Å²) in [5, 5.41) is 15.1. The Bertz CT molecular complexity index is 692. The third-order valence-electron chi connectivity index (χ3n) is 2.59. The van der Waals surface area contributed by atoms with Gasteiger partial charge in [0.15, 0.2) is 0 Å². The molecule has 0 aliphatic carbocycles. The fraction of sp³-hybridized carbons (Fsp3) is 0.250. The summed E-state index contributed by atoms with van der Waals surface area (Å²) in [5.74, 6) is -1.13. The molecule has 0 saturated heterocycles. The van der Waals surface area contributed by atoms with Gasteiger partial charge in [-0.3, -0.25) is 10.1 Å². The topological polar surface area (TPSA) is 102 Å². The summed E-state index contributed by atoms with van der Waals surface area (Å²) >= 11 is 1.10. The summed E-state index contributed by atoms with van der Waals surface area (Å²) in [4.78, 5) is 23.6. The number of hydrogen-bond donors (Lipinski definition) is 2. The summed E-state index contributed by atoms with van der Waals surface area (Å²) in [6.07, 6.45) is 0. The van der Waals surface area contributed by atoms with Crippen molar-refractivity contribution in [1.82, 2.24) is 25.5 Å². The van der Waals surface area contributed by atoms with Gasteiger partial charge in [0.2, 0.25) is 11.1 Å². The second kappa shape index (κ2) is 6.98. The molecule has 8 nitrogen and oxygen atoms in total. The van der Waals surface area contributed by atoms with Gasteiger partial charge < -0.3 is 5.32 Å². The molecule has 22 heavy (non-hydrogen) atoms. The van der Waals surface area contributed by atoms with Gasteiger partial charge in [0.1, 0.15) is 5.82 Å². The molecular formula is C12H13FN6O2S. The van der Waals surface area contributed by atoms with E-state index in [4.69, 9.17) is 0 Å². The smallest absolute Gasteiger partial charge is 0.305 e. The number of imide groups is 1. The first-order valence-electron chi connectivity index (χ1n) is 6.22. The molecule has 0 aliphatic heterocycles. The van der Waals surface area contributed by atoms with Crippen molar-refractivity contribution in [3.05, 3.63) is 30.1 Å². The highest BCUT2D eigenvalue weighted by Gasteiger charge is 2.20. The van der Waals surface area contributed by atoms with Crippen molar-refractivity contribution >= 4 is 29.4 Å². The number of carbonyl (C=O) groups is 2. The lowest BCUT2D eigenvalue weighted by atomic mass is 10.3. The molecule has 10 heteroatoms. The minimum atomic E-state index is -0.807. The molecule has 0 aliphatic rings. The number of anilines is 1. The van der Waals surface area contributed by atoms with Crippen LogP contribution in [-0.2, 0) is 11.8 Å². The number of benzene rings is 1. The molecular weight excluding hydrogens is 311 g/mol. The summed E-state index contributed by atoms with van der Waals surface area (Å²) in [7, 11) is 1.64. The Morgan fingerprint density at radius 2 is 2.09 bits per heavy atom. The van der Waals surface area contributed by atoms with Crippen molar-refractivity contribution < 1.29 is 14.0 Å². The van der Waals surface area contributed by atoms with Crippen LogP contribution < -0.4 is 10.6 Å². The molecule has 0 fully saturated rings. The van der Waals surface area contributed by atoms with Crippen LogP contribution in [0.5, 0.6) is 0 Å². The molecule has 116 valence electrons. The Kier molecular flexibility index (Phi) is 5.04. The van der Waals surface area contributed by atoms with E-state index >= 15 is 0 Å². The Balaban J connectivity index is 1.90. The number of para-hydroxylation sites is 1. The Hall–Kier alpha value is -2.49. The molecule has 2 aromatic rings. The van der Waals surface area contributed by atoms with Crippen LogP contribution in [0.3, 0.4) is 0 Å². The maximum absolute atomic E-state index is 13.4. The number of thioether (sulfide) groups is 1. The van der Waals surface area contributed by atoms with Gasteiger partial charge in [0, 0.05) is 7.05 Å². The van der Waals surface area contributed by atoms with E-state index in [1.165, 1.54) is 22.9 Å². The second-order valence-electron chi connectivity index (χ2n) is 4.27. The van der Waals surface area contributed by atoms with E-state index in [1.807, 2.05) is 0 Å². The van der Waals surface area contributed by atoms with Gasteiger partial charge in [-0.1, -0.05) is 23.9 Å². The molecule has 1 heterocycles. The van der Waals surface area contributed by atoms with E-state index in [-0.39, 0.29) is 5.69 Å². The maximum atomic E-state index is 13.4.